The molecular formula is C10H14F2N2. The zero-order valence-corrected chi connectivity index (χ0v) is 8.00. The summed E-state index contributed by atoms with van der Waals surface area (Å²) in [7, 11) is 0. The molecule has 0 aliphatic rings. The van der Waals surface area contributed by atoms with Gasteiger partial charge in [-0.3, -0.25) is 11.3 Å². The van der Waals surface area contributed by atoms with E-state index >= 15 is 0 Å². The fourth-order valence-corrected chi connectivity index (χ4v) is 1.20. The van der Waals surface area contributed by atoms with Crippen molar-refractivity contribution in [3.63, 3.8) is 0 Å². The number of aryl methyl sites for hydroxylation is 1. The van der Waals surface area contributed by atoms with Crippen LogP contribution in [0, 0.1) is 6.92 Å². The molecule has 2 nitrogen and oxygen atoms in total. The third kappa shape index (κ3) is 3.05. The molecule has 0 radical (unpaired) electrons. The number of rotatable bonds is 4. The fraction of sp³-hybridized carbons (Fsp3) is 0.400. The largest absolute Gasteiger partial charge is 0.271 e. The maximum atomic E-state index is 12.3. The van der Waals surface area contributed by atoms with Crippen molar-refractivity contribution in [1.29, 1.82) is 0 Å². The summed E-state index contributed by atoms with van der Waals surface area (Å²) < 4.78 is 24.6. The van der Waals surface area contributed by atoms with Crippen LogP contribution in [0.3, 0.4) is 0 Å². The molecule has 14 heavy (non-hydrogen) atoms. The Morgan fingerprint density at radius 3 is 2.29 bits per heavy atom. The fourth-order valence-electron chi connectivity index (χ4n) is 1.20. The lowest BCUT2D eigenvalue weighted by Gasteiger charge is -2.14. The Kier molecular flexibility index (Phi) is 3.98. The Balaban J connectivity index is 2.63. The molecule has 0 fully saturated rings. The lowest BCUT2D eigenvalue weighted by Crippen LogP contribution is -2.42. The molecule has 0 heterocycles. The van der Waals surface area contributed by atoms with E-state index in [2.05, 4.69) is 5.43 Å². The van der Waals surface area contributed by atoms with Crippen LogP contribution in [-0.2, 0) is 6.42 Å². The Labute approximate surface area is 82.1 Å². The van der Waals surface area contributed by atoms with Crippen LogP contribution >= 0.6 is 0 Å². The van der Waals surface area contributed by atoms with Crippen molar-refractivity contribution in [2.45, 2.75) is 25.8 Å². The van der Waals surface area contributed by atoms with Crippen molar-refractivity contribution in [2.24, 2.45) is 5.84 Å². The second kappa shape index (κ2) is 5.02. The highest BCUT2D eigenvalue weighted by Gasteiger charge is 2.18. The first-order valence-corrected chi connectivity index (χ1v) is 4.43. The SMILES string of the molecule is Cc1ccc(CC(NN)C(F)F)cc1. The van der Waals surface area contributed by atoms with Gasteiger partial charge in [0.1, 0.15) is 0 Å². The van der Waals surface area contributed by atoms with E-state index in [1.165, 1.54) is 0 Å². The molecule has 3 N–H and O–H groups in total. The van der Waals surface area contributed by atoms with Crippen molar-refractivity contribution in [3.05, 3.63) is 35.4 Å². The van der Waals surface area contributed by atoms with Gasteiger partial charge in [0.2, 0.25) is 0 Å². The zero-order valence-electron chi connectivity index (χ0n) is 8.00. The van der Waals surface area contributed by atoms with Crippen LogP contribution in [0.4, 0.5) is 8.78 Å². The quantitative estimate of drug-likeness (QED) is 0.572. The predicted molar refractivity (Wildman–Crippen MR) is 52.0 cm³/mol. The first kappa shape index (κ1) is 11.1. The van der Waals surface area contributed by atoms with Gasteiger partial charge in [0.05, 0.1) is 6.04 Å². The number of benzene rings is 1. The van der Waals surface area contributed by atoms with Crippen molar-refractivity contribution >= 4 is 0 Å². The molecule has 0 aliphatic heterocycles. The van der Waals surface area contributed by atoms with Gasteiger partial charge in [-0.15, -0.1) is 0 Å². The van der Waals surface area contributed by atoms with E-state index in [1.807, 2.05) is 31.2 Å². The van der Waals surface area contributed by atoms with Gasteiger partial charge in [0, 0.05) is 0 Å². The van der Waals surface area contributed by atoms with Crippen LogP contribution in [0.5, 0.6) is 0 Å². The third-order valence-electron chi connectivity index (χ3n) is 2.09. The summed E-state index contributed by atoms with van der Waals surface area (Å²) in [6.07, 6.45) is -2.20. The molecule has 0 spiro atoms. The number of hydrogen-bond donors (Lipinski definition) is 2. The van der Waals surface area contributed by atoms with E-state index in [-0.39, 0.29) is 6.42 Å². The van der Waals surface area contributed by atoms with E-state index in [0.29, 0.717) is 0 Å². The Morgan fingerprint density at radius 1 is 1.29 bits per heavy atom. The molecule has 0 saturated heterocycles. The molecule has 4 heteroatoms. The molecule has 1 aromatic rings. The topological polar surface area (TPSA) is 38.0 Å². The maximum absolute atomic E-state index is 12.3. The van der Waals surface area contributed by atoms with Crippen LogP contribution in [-0.4, -0.2) is 12.5 Å². The van der Waals surface area contributed by atoms with E-state index in [9.17, 15) is 8.78 Å². The summed E-state index contributed by atoms with van der Waals surface area (Å²) in [4.78, 5) is 0. The van der Waals surface area contributed by atoms with Crippen molar-refractivity contribution < 1.29 is 8.78 Å². The molecule has 1 atom stereocenters. The summed E-state index contributed by atoms with van der Waals surface area (Å²) in [5, 5.41) is 0. The van der Waals surface area contributed by atoms with E-state index < -0.39 is 12.5 Å². The monoisotopic (exact) mass is 200 g/mol. The number of hydrazine groups is 1. The Hall–Kier alpha value is -1.00. The smallest absolute Gasteiger partial charge is 0.255 e. The van der Waals surface area contributed by atoms with Gasteiger partial charge < -0.3 is 0 Å². The van der Waals surface area contributed by atoms with Gasteiger partial charge >= 0.3 is 0 Å². The zero-order chi connectivity index (χ0) is 10.6. The summed E-state index contributed by atoms with van der Waals surface area (Å²) >= 11 is 0. The molecule has 1 aromatic carbocycles. The average Bonchev–Trinajstić information content (AvgIpc) is 2.16. The molecule has 1 unspecified atom stereocenters. The minimum absolute atomic E-state index is 0.244. The standard InChI is InChI=1S/C10H14F2N2/c1-7-2-4-8(5-3-7)6-9(14-13)10(11)12/h2-5,9-10,14H,6,13H2,1H3. The van der Waals surface area contributed by atoms with Gasteiger partial charge in [-0.05, 0) is 18.9 Å². The molecule has 1 rings (SSSR count). The third-order valence-corrected chi connectivity index (χ3v) is 2.09. The van der Waals surface area contributed by atoms with Gasteiger partial charge in [0.15, 0.2) is 0 Å². The van der Waals surface area contributed by atoms with E-state index in [4.69, 9.17) is 5.84 Å². The van der Waals surface area contributed by atoms with Crippen LogP contribution in [0.15, 0.2) is 24.3 Å². The first-order chi connectivity index (χ1) is 6.63. The van der Waals surface area contributed by atoms with Gasteiger partial charge in [-0.1, -0.05) is 29.8 Å². The number of alkyl halides is 2. The molecule has 0 aliphatic carbocycles. The lowest BCUT2D eigenvalue weighted by molar-refractivity contribution is 0.0984. The second-order valence-corrected chi connectivity index (χ2v) is 3.30. The van der Waals surface area contributed by atoms with Crippen molar-refractivity contribution in [3.8, 4) is 0 Å². The van der Waals surface area contributed by atoms with Gasteiger partial charge in [-0.2, -0.15) is 0 Å². The average molecular weight is 200 g/mol. The second-order valence-electron chi connectivity index (χ2n) is 3.30. The highest BCUT2D eigenvalue weighted by molar-refractivity contribution is 5.22. The molecule has 0 saturated carbocycles. The first-order valence-electron chi connectivity index (χ1n) is 4.43. The van der Waals surface area contributed by atoms with Gasteiger partial charge in [0.25, 0.3) is 6.43 Å². The molecule has 0 aromatic heterocycles. The number of halogens is 2. The summed E-state index contributed by atoms with van der Waals surface area (Å²) in [6, 6.07) is 6.49. The maximum Gasteiger partial charge on any atom is 0.255 e. The van der Waals surface area contributed by atoms with E-state index in [0.717, 1.165) is 11.1 Å². The highest BCUT2D eigenvalue weighted by Crippen LogP contribution is 2.10. The predicted octanol–water partition coefficient (Wildman–Crippen LogP) is 1.63. The van der Waals surface area contributed by atoms with Crippen LogP contribution in [0.25, 0.3) is 0 Å². The normalized spacial score (nSPS) is 13.2. The van der Waals surface area contributed by atoms with Crippen molar-refractivity contribution in [2.75, 3.05) is 0 Å². The number of hydrogen-bond acceptors (Lipinski definition) is 2. The number of nitrogens with one attached hydrogen (secondary N) is 1. The van der Waals surface area contributed by atoms with Gasteiger partial charge in [-0.25, -0.2) is 8.78 Å². The summed E-state index contributed by atoms with van der Waals surface area (Å²) in [6.45, 7) is 1.95. The Bertz CT molecular complexity index is 272. The van der Waals surface area contributed by atoms with Crippen molar-refractivity contribution in [1.82, 2.24) is 5.43 Å². The lowest BCUT2D eigenvalue weighted by atomic mass is 10.1. The summed E-state index contributed by atoms with van der Waals surface area (Å²) in [5.74, 6) is 5.02. The Morgan fingerprint density at radius 2 is 1.86 bits per heavy atom. The number of nitrogens with two attached hydrogens (primary N) is 1. The molecule has 0 amide bonds. The van der Waals surface area contributed by atoms with E-state index in [1.54, 1.807) is 0 Å². The minimum atomic E-state index is -2.44. The molecular weight excluding hydrogens is 186 g/mol. The highest BCUT2D eigenvalue weighted by atomic mass is 19.3. The molecule has 0 bridgehead atoms. The van der Waals surface area contributed by atoms with Crippen LogP contribution in [0.1, 0.15) is 11.1 Å². The summed E-state index contributed by atoms with van der Waals surface area (Å²) in [5.41, 5.74) is 4.09. The van der Waals surface area contributed by atoms with Crippen LogP contribution < -0.4 is 11.3 Å². The van der Waals surface area contributed by atoms with Crippen LogP contribution in [0.2, 0.25) is 0 Å². The molecule has 78 valence electrons. The minimum Gasteiger partial charge on any atom is -0.271 e.